The van der Waals surface area contributed by atoms with Gasteiger partial charge in [-0.15, -0.1) is 0 Å². The van der Waals surface area contributed by atoms with Crippen LogP contribution in [0.5, 0.6) is 5.75 Å². The van der Waals surface area contributed by atoms with Gasteiger partial charge in [0.2, 0.25) is 6.23 Å². The van der Waals surface area contributed by atoms with E-state index in [2.05, 4.69) is 24.4 Å². The van der Waals surface area contributed by atoms with E-state index in [4.69, 9.17) is 15.2 Å². The lowest BCUT2D eigenvalue weighted by Crippen LogP contribution is -2.47. The molecule has 0 aliphatic carbocycles. The fourth-order valence-corrected chi connectivity index (χ4v) is 5.34. The fraction of sp³-hybridized carbons (Fsp3) is 0.265. The van der Waals surface area contributed by atoms with Crippen LogP contribution in [0.15, 0.2) is 84.9 Å². The van der Waals surface area contributed by atoms with Crippen LogP contribution in [0.1, 0.15) is 55.2 Å². The van der Waals surface area contributed by atoms with Crippen LogP contribution >= 0.6 is 0 Å². The van der Waals surface area contributed by atoms with E-state index in [0.29, 0.717) is 42.0 Å². The Labute approximate surface area is 249 Å². The Kier molecular flexibility index (Phi) is 9.03. The molecule has 0 saturated carbocycles. The number of nitrogens with zero attached hydrogens (tertiary/aromatic N) is 1. The topological polar surface area (TPSA) is 76.8 Å². The van der Waals surface area contributed by atoms with Crippen molar-refractivity contribution in [2.45, 2.75) is 51.4 Å². The van der Waals surface area contributed by atoms with Crippen molar-refractivity contribution < 1.29 is 27.4 Å². The normalized spacial score (nSPS) is 15.5. The molecule has 9 heteroatoms. The Morgan fingerprint density at radius 2 is 1.65 bits per heavy atom. The molecule has 43 heavy (non-hydrogen) atoms. The Hall–Kier alpha value is -4.34. The lowest BCUT2D eigenvalue weighted by Gasteiger charge is -2.29. The van der Waals surface area contributed by atoms with Crippen molar-refractivity contribution >= 4 is 17.3 Å². The lowest BCUT2D eigenvalue weighted by atomic mass is 9.86. The quantitative estimate of drug-likeness (QED) is 0.110. The number of carbonyl (C=O) groups excluding carboxylic acids is 1. The first-order valence-corrected chi connectivity index (χ1v) is 14.3. The second-order valence-electron chi connectivity index (χ2n) is 10.6. The molecule has 0 spiro atoms. The molecule has 4 aromatic rings. The number of ether oxygens (including phenoxy) is 2. The third kappa shape index (κ3) is 6.53. The van der Waals surface area contributed by atoms with Gasteiger partial charge >= 0.3 is 5.97 Å². The second-order valence-corrected chi connectivity index (χ2v) is 10.6. The van der Waals surface area contributed by atoms with Crippen LogP contribution in [0.4, 0.5) is 24.5 Å². The molecule has 2 atom stereocenters. The van der Waals surface area contributed by atoms with Crippen LogP contribution in [-0.2, 0) is 28.0 Å². The molecule has 1 aliphatic rings. The second kappa shape index (κ2) is 12.9. The number of fused-ring (bicyclic) bond motifs is 1. The van der Waals surface area contributed by atoms with E-state index < -0.39 is 35.2 Å². The van der Waals surface area contributed by atoms with Gasteiger partial charge in [0, 0.05) is 18.2 Å². The highest BCUT2D eigenvalue weighted by molar-refractivity contribution is 5.84. The maximum Gasteiger partial charge on any atom is 0.332 e. The number of rotatable bonds is 11. The van der Waals surface area contributed by atoms with E-state index in [-0.39, 0.29) is 12.4 Å². The molecule has 6 nitrogen and oxygen atoms in total. The summed E-state index contributed by atoms with van der Waals surface area (Å²) in [5.74, 6) is -2.17. The number of aryl methyl sites for hydroxylation is 1. The number of benzene rings is 4. The van der Waals surface area contributed by atoms with Gasteiger partial charge in [-0.3, -0.25) is 10.2 Å². The summed E-state index contributed by atoms with van der Waals surface area (Å²) >= 11 is 0. The highest BCUT2D eigenvalue weighted by atomic mass is 19.1. The number of carbonyl (C=O) groups is 1. The first-order chi connectivity index (χ1) is 20.7. The van der Waals surface area contributed by atoms with Gasteiger partial charge in [0.15, 0.2) is 0 Å². The number of nitrogens with one attached hydrogen (secondary N) is 1. The van der Waals surface area contributed by atoms with E-state index in [1.165, 1.54) is 29.8 Å². The molecule has 0 fully saturated rings. The van der Waals surface area contributed by atoms with E-state index >= 15 is 0 Å². The zero-order chi connectivity index (χ0) is 30.6. The molecule has 0 saturated heterocycles. The molecule has 1 aliphatic heterocycles. The molecule has 5 rings (SSSR count). The largest absolute Gasteiger partial charge is 0.464 e. The van der Waals surface area contributed by atoms with Crippen LogP contribution in [0.3, 0.4) is 0 Å². The first kappa shape index (κ1) is 30.1. The summed E-state index contributed by atoms with van der Waals surface area (Å²) in [5, 5.41) is 3.13. The van der Waals surface area contributed by atoms with Gasteiger partial charge in [0.05, 0.1) is 11.4 Å². The SMILES string of the molecule is CCC[C@@](N)(C(=O)OCNCc1cccc(CC)c1)c1ccc2c(c1)N(c1cc(F)cc(F)c1)C(c1ccc(F)cc1)O2. The van der Waals surface area contributed by atoms with Gasteiger partial charge in [-0.25, -0.2) is 18.0 Å². The van der Waals surface area contributed by atoms with Gasteiger partial charge in [0.1, 0.15) is 35.5 Å². The van der Waals surface area contributed by atoms with Crippen molar-refractivity contribution in [2.75, 3.05) is 11.6 Å². The maximum atomic E-state index is 14.4. The Bertz CT molecular complexity index is 1580. The van der Waals surface area contributed by atoms with Crippen LogP contribution in [0, 0.1) is 17.5 Å². The molecule has 0 bridgehead atoms. The number of anilines is 2. The Morgan fingerprint density at radius 3 is 2.35 bits per heavy atom. The molecule has 1 unspecified atom stereocenters. The van der Waals surface area contributed by atoms with Crippen LogP contribution < -0.4 is 20.7 Å². The lowest BCUT2D eigenvalue weighted by molar-refractivity contribution is -0.151. The molecular weight excluding hydrogens is 555 g/mol. The summed E-state index contributed by atoms with van der Waals surface area (Å²) in [6.45, 7) is 4.49. The number of nitrogens with two attached hydrogens (primary N) is 1. The Morgan fingerprint density at radius 1 is 0.930 bits per heavy atom. The maximum absolute atomic E-state index is 14.4. The summed E-state index contributed by atoms with van der Waals surface area (Å²) in [5.41, 5.74) is 9.21. The number of halogens is 3. The van der Waals surface area contributed by atoms with Crippen molar-refractivity contribution in [2.24, 2.45) is 5.73 Å². The zero-order valence-corrected chi connectivity index (χ0v) is 24.1. The first-order valence-electron chi connectivity index (χ1n) is 14.3. The summed E-state index contributed by atoms with van der Waals surface area (Å²) < 4.78 is 54.2. The average molecular weight is 590 g/mol. The number of hydrogen-bond acceptors (Lipinski definition) is 6. The van der Waals surface area contributed by atoms with Gasteiger partial charge in [-0.05, 0) is 65.9 Å². The molecule has 0 radical (unpaired) electrons. The van der Waals surface area contributed by atoms with Crippen molar-refractivity contribution in [1.82, 2.24) is 5.32 Å². The van der Waals surface area contributed by atoms with Crippen molar-refractivity contribution in [3.8, 4) is 5.75 Å². The third-order valence-electron chi connectivity index (χ3n) is 7.53. The smallest absolute Gasteiger partial charge is 0.332 e. The van der Waals surface area contributed by atoms with Crippen LogP contribution in [0.2, 0.25) is 0 Å². The summed E-state index contributed by atoms with van der Waals surface area (Å²) in [4.78, 5) is 15.1. The zero-order valence-electron chi connectivity index (χ0n) is 24.1. The van der Waals surface area contributed by atoms with Gasteiger partial charge < -0.3 is 15.2 Å². The van der Waals surface area contributed by atoms with Crippen LogP contribution in [0.25, 0.3) is 0 Å². The van der Waals surface area contributed by atoms with E-state index in [9.17, 15) is 18.0 Å². The molecule has 0 aromatic heterocycles. The standard InChI is InChI=1S/C34H34F3N3O3/c1-3-14-34(38,33(41)42-21-39-20-23-7-5-6-22(4-2)15-23)25-10-13-31-30(16-25)40(29-18-27(36)17-28(37)19-29)32(43-31)24-8-11-26(35)12-9-24/h5-13,15-19,32,39H,3-4,14,20-21,38H2,1-2H3/t32?,34-/m0/s1. The van der Waals surface area contributed by atoms with Crippen molar-refractivity contribution in [1.29, 1.82) is 0 Å². The molecule has 224 valence electrons. The monoisotopic (exact) mass is 589 g/mol. The highest BCUT2D eigenvalue weighted by Crippen LogP contribution is 2.49. The molecule has 3 N–H and O–H groups in total. The number of hydrogen-bond donors (Lipinski definition) is 2. The predicted molar refractivity (Wildman–Crippen MR) is 159 cm³/mol. The van der Waals surface area contributed by atoms with Crippen molar-refractivity contribution in [3.63, 3.8) is 0 Å². The minimum Gasteiger partial charge on any atom is -0.464 e. The molecule has 0 amide bonds. The molecule has 1 heterocycles. The van der Waals surface area contributed by atoms with E-state index in [1.54, 1.807) is 35.2 Å². The van der Waals surface area contributed by atoms with E-state index in [0.717, 1.165) is 18.1 Å². The highest BCUT2D eigenvalue weighted by Gasteiger charge is 2.40. The van der Waals surface area contributed by atoms with E-state index in [1.807, 2.05) is 19.1 Å². The Balaban J connectivity index is 1.42. The van der Waals surface area contributed by atoms with Crippen molar-refractivity contribution in [3.05, 3.63) is 125 Å². The summed E-state index contributed by atoms with van der Waals surface area (Å²) in [6.07, 6.45) is 0.957. The van der Waals surface area contributed by atoms with Gasteiger partial charge in [0.25, 0.3) is 0 Å². The van der Waals surface area contributed by atoms with Crippen LogP contribution in [-0.4, -0.2) is 12.7 Å². The van der Waals surface area contributed by atoms with Gasteiger partial charge in [-0.1, -0.05) is 62.7 Å². The third-order valence-corrected chi connectivity index (χ3v) is 7.53. The van der Waals surface area contributed by atoms with Gasteiger partial charge in [-0.2, -0.15) is 0 Å². The average Bonchev–Trinajstić information content (AvgIpc) is 3.38. The number of esters is 1. The predicted octanol–water partition coefficient (Wildman–Crippen LogP) is 7.14. The summed E-state index contributed by atoms with van der Waals surface area (Å²) in [7, 11) is 0. The molecule has 4 aromatic carbocycles. The summed E-state index contributed by atoms with van der Waals surface area (Å²) in [6, 6.07) is 22.0. The molecular formula is C34H34F3N3O3. The minimum absolute atomic E-state index is 0.0345. The minimum atomic E-state index is -1.50. The fourth-order valence-electron chi connectivity index (χ4n) is 5.34.